The van der Waals surface area contributed by atoms with Crippen molar-refractivity contribution in [3.8, 4) is 11.1 Å². The third kappa shape index (κ3) is 3.85. The van der Waals surface area contributed by atoms with Gasteiger partial charge in [-0.2, -0.15) is 0 Å². The van der Waals surface area contributed by atoms with Crippen LogP contribution in [0.4, 0.5) is 5.82 Å². The summed E-state index contributed by atoms with van der Waals surface area (Å²) < 4.78 is 0. The number of carbonyl (C=O) groups excluding carboxylic acids is 2. The lowest BCUT2D eigenvalue weighted by Crippen LogP contribution is -2.36. The molecular weight excluding hydrogens is 328 g/mol. The molecule has 2 aromatic rings. The maximum absolute atomic E-state index is 12.8. The van der Waals surface area contributed by atoms with Crippen LogP contribution in [-0.4, -0.2) is 52.8 Å². The molecule has 1 aliphatic heterocycles. The van der Waals surface area contributed by atoms with E-state index in [0.717, 1.165) is 23.2 Å². The molecule has 1 fully saturated rings. The van der Waals surface area contributed by atoms with Crippen molar-refractivity contribution in [2.45, 2.75) is 20.3 Å². The zero-order valence-electron chi connectivity index (χ0n) is 15.2. The number of carbonyl (C=O) groups is 2. The van der Waals surface area contributed by atoms with E-state index in [0.29, 0.717) is 37.6 Å². The molecule has 0 spiro atoms. The largest absolute Gasteiger partial charge is 0.384 e. The molecule has 0 radical (unpaired) electrons. The third-order valence-electron chi connectivity index (χ3n) is 4.78. The van der Waals surface area contributed by atoms with Gasteiger partial charge in [0.05, 0.1) is 0 Å². The Kier molecular flexibility index (Phi) is 5.21. The van der Waals surface area contributed by atoms with Crippen molar-refractivity contribution < 1.29 is 9.59 Å². The lowest BCUT2D eigenvalue weighted by Gasteiger charge is -2.21. The Bertz CT molecular complexity index is 817. The number of nitrogens with two attached hydrogens (primary N) is 1. The van der Waals surface area contributed by atoms with E-state index in [2.05, 4.69) is 4.98 Å². The van der Waals surface area contributed by atoms with Crippen LogP contribution in [0.15, 0.2) is 36.4 Å². The number of aryl methyl sites for hydroxylation is 1. The van der Waals surface area contributed by atoms with Crippen molar-refractivity contribution in [2.75, 3.05) is 31.9 Å². The minimum absolute atomic E-state index is 0.00843. The number of rotatable bonds is 2. The van der Waals surface area contributed by atoms with Gasteiger partial charge in [0.25, 0.3) is 5.91 Å². The highest BCUT2D eigenvalue weighted by atomic mass is 16.2. The third-order valence-corrected chi connectivity index (χ3v) is 4.78. The molecule has 2 N–H and O–H groups in total. The van der Waals surface area contributed by atoms with E-state index in [4.69, 9.17) is 5.73 Å². The summed E-state index contributed by atoms with van der Waals surface area (Å²) in [7, 11) is 0. The summed E-state index contributed by atoms with van der Waals surface area (Å²) in [6.07, 6.45) is 0.805. The molecule has 2 heterocycles. The molecule has 6 heteroatoms. The van der Waals surface area contributed by atoms with E-state index in [9.17, 15) is 9.59 Å². The van der Waals surface area contributed by atoms with Gasteiger partial charge >= 0.3 is 0 Å². The Balaban J connectivity index is 1.74. The van der Waals surface area contributed by atoms with Crippen molar-refractivity contribution in [3.63, 3.8) is 0 Å². The monoisotopic (exact) mass is 352 g/mol. The maximum Gasteiger partial charge on any atom is 0.253 e. The van der Waals surface area contributed by atoms with Crippen LogP contribution in [0.3, 0.4) is 0 Å². The molecule has 0 aliphatic carbocycles. The first-order valence-electron chi connectivity index (χ1n) is 8.84. The molecule has 0 atom stereocenters. The van der Waals surface area contributed by atoms with E-state index in [-0.39, 0.29) is 11.8 Å². The van der Waals surface area contributed by atoms with E-state index < -0.39 is 0 Å². The van der Waals surface area contributed by atoms with Gasteiger partial charge in [-0.15, -0.1) is 0 Å². The molecule has 26 heavy (non-hydrogen) atoms. The van der Waals surface area contributed by atoms with Gasteiger partial charge in [0, 0.05) is 49.9 Å². The Labute approximate surface area is 153 Å². The average molecular weight is 352 g/mol. The van der Waals surface area contributed by atoms with Gasteiger partial charge in [0.2, 0.25) is 5.91 Å². The lowest BCUT2D eigenvalue weighted by atomic mass is 10.0. The first-order chi connectivity index (χ1) is 12.5. The lowest BCUT2D eigenvalue weighted by molar-refractivity contribution is -0.128. The van der Waals surface area contributed by atoms with Crippen molar-refractivity contribution in [1.82, 2.24) is 14.8 Å². The first kappa shape index (κ1) is 17.9. The summed E-state index contributed by atoms with van der Waals surface area (Å²) in [4.78, 5) is 32.2. The number of anilines is 1. The van der Waals surface area contributed by atoms with E-state index in [1.807, 2.05) is 42.2 Å². The number of benzene rings is 1. The molecule has 0 unspecified atom stereocenters. The molecular formula is C20H24N4O2. The van der Waals surface area contributed by atoms with Crippen LogP contribution in [-0.2, 0) is 4.79 Å². The number of pyridine rings is 1. The van der Waals surface area contributed by atoms with Gasteiger partial charge in [-0.05, 0) is 43.2 Å². The number of hydrogen-bond donors (Lipinski definition) is 1. The summed E-state index contributed by atoms with van der Waals surface area (Å²) in [6.45, 7) is 6.04. The normalized spacial score (nSPS) is 14.8. The molecule has 2 amide bonds. The van der Waals surface area contributed by atoms with Crippen LogP contribution < -0.4 is 5.73 Å². The van der Waals surface area contributed by atoms with Crippen LogP contribution in [0.5, 0.6) is 0 Å². The number of hydrogen-bond acceptors (Lipinski definition) is 4. The van der Waals surface area contributed by atoms with Crippen LogP contribution in [0.25, 0.3) is 11.1 Å². The van der Waals surface area contributed by atoms with Gasteiger partial charge in [0.1, 0.15) is 5.82 Å². The predicted octanol–water partition coefficient (Wildman–Crippen LogP) is 2.33. The van der Waals surface area contributed by atoms with Gasteiger partial charge in [0.15, 0.2) is 0 Å². The molecule has 0 bridgehead atoms. The quantitative estimate of drug-likeness (QED) is 0.900. The number of amides is 2. The molecule has 0 saturated carbocycles. The smallest absolute Gasteiger partial charge is 0.253 e. The van der Waals surface area contributed by atoms with Crippen LogP contribution >= 0.6 is 0 Å². The van der Waals surface area contributed by atoms with Gasteiger partial charge in [-0.3, -0.25) is 9.59 Å². The summed E-state index contributed by atoms with van der Waals surface area (Å²) in [5, 5.41) is 0. The minimum Gasteiger partial charge on any atom is -0.384 e. The molecule has 6 nitrogen and oxygen atoms in total. The number of aromatic nitrogens is 1. The Morgan fingerprint density at radius 1 is 0.962 bits per heavy atom. The second-order valence-electron chi connectivity index (χ2n) is 6.60. The Hall–Kier alpha value is -2.89. The van der Waals surface area contributed by atoms with Crippen molar-refractivity contribution in [1.29, 1.82) is 0 Å². The Morgan fingerprint density at radius 3 is 2.27 bits per heavy atom. The summed E-state index contributed by atoms with van der Waals surface area (Å²) in [5.74, 6) is 0.573. The van der Waals surface area contributed by atoms with Gasteiger partial charge in [-0.25, -0.2) is 4.98 Å². The molecule has 136 valence electrons. The van der Waals surface area contributed by atoms with E-state index >= 15 is 0 Å². The van der Waals surface area contributed by atoms with Crippen LogP contribution in [0.1, 0.15) is 29.4 Å². The molecule has 1 aromatic heterocycles. The SMILES string of the molecule is CC(=O)N1CCCN(C(=O)c2ccc(-c3ccc(N)nc3C)cc2)CC1. The van der Waals surface area contributed by atoms with Crippen molar-refractivity contribution >= 4 is 17.6 Å². The van der Waals surface area contributed by atoms with E-state index in [1.165, 1.54) is 0 Å². The fraction of sp³-hybridized carbons (Fsp3) is 0.350. The van der Waals surface area contributed by atoms with Crippen LogP contribution in [0.2, 0.25) is 0 Å². The maximum atomic E-state index is 12.8. The van der Waals surface area contributed by atoms with Gasteiger partial charge < -0.3 is 15.5 Å². The molecule has 3 rings (SSSR count). The van der Waals surface area contributed by atoms with Crippen LogP contribution in [0, 0.1) is 6.92 Å². The number of nitrogens with zero attached hydrogens (tertiary/aromatic N) is 3. The van der Waals surface area contributed by atoms with Gasteiger partial charge in [-0.1, -0.05) is 12.1 Å². The average Bonchev–Trinajstić information content (AvgIpc) is 2.88. The highest BCUT2D eigenvalue weighted by molar-refractivity contribution is 5.94. The van der Waals surface area contributed by atoms with E-state index in [1.54, 1.807) is 17.9 Å². The van der Waals surface area contributed by atoms with Crippen molar-refractivity contribution in [3.05, 3.63) is 47.7 Å². The standard InChI is InChI=1S/C20H24N4O2/c1-14-18(8-9-19(21)22-14)16-4-6-17(7-5-16)20(26)24-11-3-10-23(12-13-24)15(2)25/h4-9H,3,10-13H2,1-2H3,(H2,21,22). The minimum atomic E-state index is 0.00843. The second kappa shape index (κ2) is 7.56. The molecule has 1 aliphatic rings. The summed E-state index contributed by atoms with van der Waals surface area (Å²) in [5.41, 5.74) is 9.24. The van der Waals surface area contributed by atoms with Crippen molar-refractivity contribution in [2.24, 2.45) is 0 Å². The highest BCUT2D eigenvalue weighted by Gasteiger charge is 2.21. The highest BCUT2D eigenvalue weighted by Crippen LogP contribution is 2.24. The molecule has 1 saturated heterocycles. The number of nitrogen functional groups attached to an aromatic ring is 1. The molecule has 1 aromatic carbocycles. The topological polar surface area (TPSA) is 79.5 Å². The summed E-state index contributed by atoms with van der Waals surface area (Å²) in [6, 6.07) is 11.3. The first-order valence-corrected chi connectivity index (χ1v) is 8.84. The zero-order chi connectivity index (χ0) is 18.7. The second-order valence-corrected chi connectivity index (χ2v) is 6.60. The summed E-state index contributed by atoms with van der Waals surface area (Å²) >= 11 is 0. The Morgan fingerprint density at radius 2 is 1.62 bits per heavy atom. The fourth-order valence-electron chi connectivity index (χ4n) is 3.30. The fourth-order valence-corrected chi connectivity index (χ4v) is 3.30. The zero-order valence-corrected chi connectivity index (χ0v) is 15.2. The predicted molar refractivity (Wildman–Crippen MR) is 102 cm³/mol.